The third-order valence-corrected chi connectivity index (χ3v) is 3.15. The average Bonchev–Trinajstić information content (AvgIpc) is 2.69. The standard InChI is InChI=1S/C12H18N4/c1-4-9(3)11(13)12-15-14-10-7-8(2)5-6-16(10)12/h5-7,9,11H,4,13H2,1-3H3. The van der Waals surface area contributed by atoms with Gasteiger partial charge in [0.05, 0.1) is 6.04 Å². The molecule has 0 saturated carbocycles. The Bertz CT molecular complexity index is 489. The van der Waals surface area contributed by atoms with E-state index in [4.69, 9.17) is 5.73 Å². The smallest absolute Gasteiger partial charge is 0.161 e. The van der Waals surface area contributed by atoms with Crippen LogP contribution in [-0.4, -0.2) is 14.6 Å². The number of aromatic nitrogens is 3. The van der Waals surface area contributed by atoms with Gasteiger partial charge in [0.15, 0.2) is 11.5 Å². The van der Waals surface area contributed by atoms with Crippen molar-refractivity contribution in [3.63, 3.8) is 0 Å². The molecule has 2 atom stereocenters. The Kier molecular flexibility index (Phi) is 2.92. The van der Waals surface area contributed by atoms with Crippen molar-refractivity contribution in [1.29, 1.82) is 0 Å². The SMILES string of the molecule is CCC(C)C(N)c1nnc2cc(C)ccn12. The Morgan fingerprint density at radius 3 is 2.88 bits per heavy atom. The minimum atomic E-state index is -0.0530. The van der Waals surface area contributed by atoms with Gasteiger partial charge in [-0.15, -0.1) is 10.2 Å². The lowest BCUT2D eigenvalue weighted by Gasteiger charge is -2.16. The summed E-state index contributed by atoms with van der Waals surface area (Å²) in [6.45, 7) is 6.32. The molecule has 0 bridgehead atoms. The Balaban J connectivity index is 2.45. The monoisotopic (exact) mass is 218 g/mol. The van der Waals surface area contributed by atoms with E-state index in [0.29, 0.717) is 5.92 Å². The molecule has 2 aromatic rings. The lowest BCUT2D eigenvalue weighted by Crippen LogP contribution is -2.21. The molecule has 4 heteroatoms. The highest BCUT2D eigenvalue weighted by Crippen LogP contribution is 2.20. The summed E-state index contributed by atoms with van der Waals surface area (Å²) in [5.74, 6) is 1.26. The minimum Gasteiger partial charge on any atom is -0.321 e. The Morgan fingerprint density at radius 1 is 1.44 bits per heavy atom. The summed E-state index contributed by atoms with van der Waals surface area (Å²) in [6, 6.07) is 4.01. The highest BCUT2D eigenvalue weighted by Gasteiger charge is 2.18. The van der Waals surface area contributed by atoms with Crippen molar-refractivity contribution in [2.75, 3.05) is 0 Å². The van der Waals surface area contributed by atoms with Gasteiger partial charge in [0.25, 0.3) is 0 Å². The van der Waals surface area contributed by atoms with Crippen LogP contribution < -0.4 is 5.73 Å². The van der Waals surface area contributed by atoms with Crippen LogP contribution in [0.1, 0.15) is 37.7 Å². The van der Waals surface area contributed by atoms with Crippen LogP contribution in [0.15, 0.2) is 18.3 Å². The number of rotatable bonds is 3. The second-order valence-electron chi connectivity index (χ2n) is 4.40. The molecule has 0 aliphatic heterocycles. The maximum absolute atomic E-state index is 6.17. The van der Waals surface area contributed by atoms with Crippen molar-refractivity contribution in [3.05, 3.63) is 29.7 Å². The first kappa shape index (κ1) is 11.1. The van der Waals surface area contributed by atoms with Gasteiger partial charge in [-0.05, 0) is 30.5 Å². The Labute approximate surface area is 95.5 Å². The van der Waals surface area contributed by atoms with Crippen LogP contribution in [0, 0.1) is 12.8 Å². The van der Waals surface area contributed by atoms with Crippen LogP contribution in [0.3, 0.4) is 0 Å². The van der Waals surface area contributed by atoms with Gasteiger partial charge in [-0.3, -0.25) is 4.40 Å². The quantitative estimate of drug-likeness (QED) is 0.858. The zero-order chi connectivity index (χ0) is 11.7. The number of hydrogen-bond donors (Lipinski definition) is 1. The number of aryl methyl sites for hydroxylation is 1. The Hall–Kier alpha value is -1.42. The van der Waals surface area contributed by atoms with Crippen molar-refractivity contribution >= 4 is 5.65 Å². The molecule has 0 spiro atoms. The molecule has 2 aromatic heterocycles. The number of nitrogens with two attached hydrogens (primary N) is 1. The van der Waals surface area contributed by atoms with E-state index in [1.165, 1.54) is 5.56 Å². The Morgan fingerprint density at radius 2 is 2.19 bits per heavy atom. The molecular weight excluding hydrogens is 200 g/mol. The third-order valence-electron chi connectivity index (χ3n) is 3.15. The van der Waals surface area contributed by atoms with E-state index in [-0.39, 0.29) is 6.04 Å². The van der Waals surface area contributed by atoms with E-state index in [1.807, 2.05) is 29.7 Å². The van der Waals surface area contributed by atoms with Crippen molar-refractivity contribution in [3.8, 4) is 0 Å². The molecule has 0 aromatic carbocycles. The largest absolute Gasteiger partial charge is 0.321 e. The predicted molar refractivity (Wildman–Crippen MR) is 64.1 cm³/mol. The van der Waals surface area contributed by atoms with Crippen LogP contribution in [-0.2, 0) is 0 Å². The van der Waals surface area contributed by atoms with Crippen LogP contribution >= 0.6 is 0 Å². The fourth-order valence-corrected chi connectivity index (χ4v) is 1.75. The van der Waals surface area contributed by atoms with E-state index in [1.54, 1.807) is 0 Å². The molecule has 0 fully saturated rings. The van der Waals surface area contributed by atoms with Crippen molar-refractivity contribution in [2.24, 2.45) is 11.7 Å². The highest BCUT2D eigenvalue weighted by atomic mass is 15.3. The summed E-state index contributed by atoms with van der Waals surface area (Å²) in [6.07, 6.45) is 3.03. The molecule has 86 valence electrons. The summed E-state index contributed by atoms with van der Waals surface area (Å²) in [5.41, 5.74) is 8.23. The summed E-state index contributed by atoms with van der Waals surface area (Å²) in [4.78, 5) is 0. The average molecular weight is 218 g/mol. The topological polar surface area (TPSA) is 56.2 Å². The first-order valence-corrected chi connectivity index (χ1v) is 5.70. The van der Waals surface area contributed by atoms with E-state index in [9.17, 15) is 0 Å². The van der Waals surface area contributed by atoms with Crippen molar-refractivity contribution in [2.45, 2.75) is 33.2 Å². The van der Waals surface area contributed by atoms with Crippen molar-refractivity contribution in [1.82, 2.24) is 14.6 Å². The first-order chi connectivity index (χ1) is 7.63. The molecule has 0 saturated heterocycles. The van der Waals surface area contributed by atoms with Gasteiger partial charge in [-0.25, -0.2) is 0 Å². The molecule has 2 unspecified atom stereocenters. The van der Waals surface area contributed by atoms with Gasteiger partial charge in [0.1, 0.15) is 0 Å². The second-order valence-corrected chi connectivity index (χ2v) is 4.40. The molecule has 2 rings (SSSR count). The number of fused-ring (bicyclic) bond motifs is 1. The van der Waals surface area contributed by atoms with Crippen LogP contribution in [0.5, 0.6) is 0 Å². The van der Waals surface area contributed by atoms with Gasteiger partial charge in [0.2, 0.25) is 0 Å². The summed E-state index contributed by atoms with van der Waals surface area (Å²) in [7, 11) is 0. The molecule has 2 N–H and O–H groups in total. The minimum absolute atomic E-state index is 0.0530. The molecule has 4 nitrogen and oxygen atoms in total. The van der Waals surface area contributed by atoms with E-state index in [0.717, 1.165) is 17.9 Å². The first-order valence-electron chi connectivity index (χ1n) is 5.70. The molecule has 16 heavy (non-hydrogen) atoms. The van der Waals surface area contributed by atoms with E-state index < -0.39 is 0 Å². The maximum atomic E-state index is 6.17. The zero-order valence-corrected chi connectivity index (χ0v) is 10.0. The molecule has 0 aliphatic carbocycles. The zero-order valence-electron chi connectivity index (χ0n) is 10.0. The normalized spacial score (nSPS) is 15.2. The number of hydrogen-bond acceptors (Lipinski definition) is 3. The summed E-state index contributed by atoms with van der Waals surface area (Å²) in [5, 5.41) is 8.34. The summed E-state index contributed by atoms with van der Waals surface area (Å²) < 4.78 is 1.98. The van der Waals surface area contributed by atoms with Crippen LogP contribution in [0.25, 0.3) is 5.65 Å². The molecular formula is C12H18N4. The fraction of sp³-hybridized carbons (Fsp3) is 0.500. The number of pyridine rings is 1. The number of nitrogens with zero attached hydrogens (tertiary/aromatic N) is 3. The highest BCUT2D eigenvalue weighted by molar-refractivity contribution is 5.41. The van der Waals surface area contributed by atoms with Gasteiger partial charge in [-0.2, -0.15) is 0 Å². The predicted octanol–water partition coefficient (Wildman–Crippen LogP) is 2.08. The van der Waals surface area contributed by atoms with E-state index >= 15 is 0 Å². The maximum Gasteiger partial charge on any atom is 0.161 e. The van der Waals surface area contributed by atoms with Gasteiger partial charge in [0, 0.05) is 6.20 Å². The van der Waals surface area contributed by atoms with Crippen molar-refractivity contribution < 1.29 is 0 Å². The van der Waals surface area contributed by atoms with Gasteiger partial charge in [-0.1, -0.05) is 20.3 Å². The summed E-state index contributed by atoms with van der Waals surface area (Å²) >= 11 is 0. The van der Waals surface area contributed by atoms with Crippen LogP contribution in [0.4, 0.5) is 0 Å². The molecule has 0 radical (unpaired) electrons. The lowest BCUT2D eigenvalue weighted by molar-refractivity contribution is 0.436. The molecule has 0 aliphatic rings. The third kappa shape index (κ3) is 1.80. The second kappa shape index (κ2) is 4.22. The molecule has 0 amide bonds. The van der Waals surface area contributed by atoms with E-state index in [2.05, 4.69) is 24.0 Å². The lowest BCUT2D eigenvalue weighted by atomic mass is 9.99. The van der Waals surface area contributed by atoms with Crippen LogP contribution in [0.2, 0.25) is 0 Å². The van der Waals surface area contributed by atoms with Gasteiger partial charge >= 0.3 is 0 Å². The molecule has 2 heterocycles. The fourth-order valence-electron chi connectivity index (χ4n) is 1.75. The van der Waals surface area contributed by atoms with Gasteiger partial charge < -0.3 is 5.73 Å².